The molecule has 3 heterocycles. The van der Waals surface area contributed by atoms with Crippen LogP contribution in [0.1, 0.15) is 82.4 Å². The van der Waals surface area contributed by atoms with Crippen molar-refractivity contribution in [2.45, 2.75) is 117 Å². The largest absolute Gasteiger partial charge is 0.471 e. The maximum absolute atomic E-state index is 13.0. The monoisotopic (exact) mass is 875 g/mol. The fraction of sp³-hybridized carbons (Fsp3) is 0.750. The fourth-order valence-corrected chi connectivity index (χ4v) is 12.5. The van der Waals surface area contributed by atoms with Gasteiger partial charge >= 0.3 is 17.9 Å². The van der Waals surface area contributed by atoms with Gasteiger partial charge in [-0.2, -0.15) is 4.98 Å². The highest BCUT2D eigenvalue weighted by atomic mass is 28.4. The van der Waals surface area contributed by atoms with Crippen LogP contribution in [0.15, 0.2) is 11.1 Å². The Balaban J connectivity index is 0.00000374. The summed E-state index contributed by atoms with van der Waals surface area (Å²) in [6.07, 6.45) is -2.83. The van der Waals surface area contributed by atoms with Gasteiger partial charge in [0, 0.05) is 26.7 Å². The number of nitrogens with one attached hydrogen (secondary N) is 2. The summed E-state index contributed by atoms with van der Waals surface area (Å²) >= 11 is 0. The Hall–Kier alpha value is -3.36. The summed E-state index contributed by atoms with van der Waals surface area (Å²) in [6, 6.07) is 0. The molecule has 330 valence electrons. The van der Waals surface area contributed by atoms with E-state index in [1.807, 2.05) is 0 Å². The number of aromatic nitrogens is 4. The average molecular weight is 876 g/mol. The Labute approximate surface area is 347 Å². The van der Waals surface area contributed by atoms with E-state index in [0.29, 0.717) is 43.1 Å². The van der Waals surface area contributed by atoms with Crippen LogP contribution in [0, 0.1) is 5.92 Å². The molecule has 0 unspecified atom stereocenters. The molecule has 2 aromatic rings. The zero-order valence-corrected chi connectivity index (χ0v) is 41.3. The highest BCUT2D eigenvalue weighted by molar-refractivity contribution is 6.77. The first-order chi connectivity index (χ1) is 27.3. The predicted octanol–water partition coefficient (Wildman–Crippen LogP) is 1.21. The number of nitrogens with zero attached hydrogens (tertiary/aromatic N) is 3. The molecule has 1 saturated heterocycles. The van der Waals surface area contributed by atoms with Crippen LogP contribution < -0.4 is 10.9 Å². The van der Waals surface area contributed by atoms with Crippen molar-refractivity contribution in [3.63, 3.8) is 0 Å². The summed E-state index contributed by atoms with van der Waals surface area (Å²) in [5.74, 6) is -3.14. The average Bonchev–Trinajstić information content (AvgIpc) is 3.66. The molecule has 2 aromatic heterocycles. The number of anilines is 1. The van der Waals surface area contributed by atoms with Crippen molar-refractivity contribution >= 4 is 70.2 Å². The van der Waals surface area contributed by atoms with E-state index in [0.717, 1.165) is 34.8 Å². The van der Waals surface area contributed by atoms with Crippen LogP contribution in [0.25, 0.3) is 11.2 Å². The van der Waals surface area contributed by atoms with Gasteiger partial charge in [0.05, 0.1) is 52.6 Å². The fourth-order valence-electron chi connectivity index (χ4n) is 7.10. The van der Waals surface area contributed by atoms with Crippen molar-refractivity contribution < 1.29 is 60.9 Å². The number of imidazole rings is 1. The second-order valence-electron chi connectivity index (χ2n) is 15.2. The lowest BCUT2D eigenvalue weighted by molar-refractivity contribution is -0.191. The molecule has 0 aliphatic carbocycles. The van der Waals surface area contributed by atoms with Crippen molar-refractivity contribution in [2.75, 3.05) is 58.2 Å². The van der Waals surface area contributed by atoms with E-state index < -0.39 is 74.3 Å². The minimum absolute atomic E-state index is 0.0425. The number of amides is 1. The SMILES string of the molecule is CC(=O)OC[C@@]1(COCCOCCOCCO[Si](C(C)C)(C(C)C)C(C)C)O[C@@H](n2cnc3c(=O)[nH]c(NC(=O)C(C)C)nc32)[C@H](OC(C)=O)[C@@H]1OC(C)=O.[SiH3]O[SiH3]. The third-order valence-electron chi connectivity index (χ3n) is 9.42. The lowest BCUT2D eigenvalue weighted by Crippen LogP contribution is -2.53. The van der Waals surface area contributed by atoms with Crippen LogP contribution in [-0.4, -0.2) is 143 Å². The van der Waals surface area contributed by atoms with Gasteiger partial charge in [-0.1, -0.05) is 55.4 Å². The zero-order valence-electron chi connectivity index (χ0n) is 36.3. The Morgan fingerprint density at radius 1 is 0.845 bits per heavy atom. The van der Waals surface area contributed by atoms with Crippen LogP contribution in [0.5, 0.6) is 0 Å². The Kier molecular flexibility index (Phi) is 21.0. The van der Waals surface area contributed by atoms with Gasteiger partial charge in [-0.3, -0.25) is 38.8 Å². The highest BCUT2D eigenvalue weighted by Gasteiger charge is 2.61. The summed E-state index contributed by atoms with van der Waals surface area (Å²) in [5.41, 5.74) is -1.11. The summed E-state index contributed by atoms with van der Waals surface area (Å²) in [6.45, 7) is 21.3. The number of hydrogen-bond acceptors (Lipinski definition) is 16. The van der Waals surface area contributed by atoms with E-state index in [4.69, 9.17) is 37.6 Å². The maximum Gasteiger partial charge on any atom is 0.303 e. The van der Waals surface area contributed by atoms with Gasteiger partial charge in [0.2, 0.25) is 11.9 Å². The third kappa shape index (κ3) is 13.9. The molecule has 19 nitrogen and oxygen atoms in total. The van der Waals surface area contributed by atoms with Crippen LogP contribution >= 0.6 is 0 Å². The van der Waals surface area contributed by atoms with Crippen molar-refractivity contribution in [3.8, 4) is 0 Å². The van der Waals surface area contributed by atoms with Gasteiger partial charge in [-0.25, -0.2) is 4.98 Å². The molecule has 1 amide bonds. The molecule has 1 aliphatic rings. The summed E-state index contributed by atoms with van der Waals surface area (Å²) in [7, 11) is -0.112. The van der Waals surface area contributed by atoms with Crippen molar-refractivity contribution in [3.05, 3.63) is 16.7 Å². The molecule has 2 N–H and O–H groups in total. The van der Waals surface area contributed by atoms with E-state index in [-0.39, 0.29) is 36.9 Å². The molecular formula is C36H65N5O14Si3. The molecule has 0 aromatic carbocycles. The highest BCUT2D eigenvalue weighted by Crippen LogP contribution is 2.43. The first-order valence-corrected chi connectivity index (χ1v) is 23.3. The number of aromatic amines is 1. The predicted molar refractivity (Wildman–Crippen MR) is 223 cm³/mol. The maximum atomic E-state index is 13.0. The lowest BCUT2D eigenvalue weighted by atomic mass is 9.96. The van der Waals surface area contributed by atoms with Crippen LogP contribution in [-0.2, 0) is 60.9 Å². The second kappa shape index (κ2) is 24.0. The molecule has 4 atom stereocenters. The van der Waals surface area contributed by atoms with E-state index in [9.17, 15) is 24.0 Å². The quantitative estimate of drug-likeness (QED) is 0.0734. The molecule has 1 aliphatic heterocycles. The lowest BCUT2D eigenvalue weighted by Gasteiger charge is -2.42. The van der Waals surface area contributed by atoms with Crippen LogP contribution in [0.3, 0.4) is 0 Å². The van der Waals surface area contributed by atoms with E-state index in [2.05, 4.69) is 65.9 Å². The molecule has 1 fully saturated rings. The number of fused-ring (bicyclic) bond motifs is 1. The van der Waals surface area contributed by atoms with Gasteiger partial charge in [0.15, 0.2) is 43.5 Å². The minimum Gasteiger partial charge on any atom is -0.471 e. The molecule has 0 saturated carbocycles. The number of carbonyl (C=O) groups is 4. The van der Waals surface area contributed by atoms with Crippen LogP contribution in [0.2, 0.25) is 16.6 Å². The van der Waals surface area contributed by atoms with E-state index in [1.165, 1.54) is 17.8 Å². The first-order valence-electron chi connectivity index (χ1n) is 19.5. The number of H-pyrrole nitrogens is 1. The number of hydrogen-bond donors (Lipinski definition) is 2. The van der Waals surface area contributed by atoms with Gasteiger partial charge in [0.25, 0.3) is 5.56 Å². The molecule has 58 heavy (non-hydrogen) atoms. The molecule has 22 heteroatoms. The molecule has 0 radical (unpaired) electrons. The van der Waals surface area contributed by atoms with Crippen molar-refractivity contribution in [2.24, 2.45) is 5.92 Å². The number of ether oxygens (including phenoxy) is 7. The molecule has 3 rings (SSSR count). The normalized spacial score (nSPS) is 19.5. The summed E-state index contributed by atoms with van der Waals surface area (Å²) < 4.78 is 53.0. The van der Waals surface area contributed by atoms with E-state index >= 15 is 0 Å². The number of carbonyl (C=O) groups excluding carboxylic acids is 4. The smallest absolute Gasteiger partial charge is 0.303 e. The summed E-state index contributed by atoms with van der Waals surface area (Å²) in [5, 5.41) is 2.54. The Bertz CT molecular complexity index is 1670. The topological polar surface area (TPSA) is 227 Å². The number of rotatable bonds is 22. The Morgan fingerprint density at radius 3 is 1.88 bits per heavy atom. The van der Waals surface area contributed by atoms with Crippen molar-refractivity contribution in [1.29, 1.82) is 0 Å². The zero-order chi connectivity index (χ0) is 43.8. The van der Waals surface area contributed by atoms with E-state index in [1.54, 1.807) is 13.8 Å². The van der Waals surface area contributed by atoms with Gasteiger partial charge in [-0.05, 0) is 16.6 Å². The van der Waals surface area contributed by atoms with Gasteiger partial charge in [-0.15, -0.1) is 0 Å². The number of esters is 3. The third-order valence-corrected chi connectivity index (χ3v) is 15.5. The van der Waals surface area contributed by atoms with Gasteiger partial charge in [0.1, 0.15) is 27.6 Å². The minimum atomic E-state index is -1.97. The first kappa shape index (κ1) is 50.8. The molecule has 0 spiro atoms. The van der Waals surface area contributed by atoms with Crippen LogP contribution in [0.4, 0.5) is 5.95 Å². The van der Waals surface area contributed by atoms with Crippen molar-refractivity contribution in [1.82, 2.24) is 19.5 Å². The second-order valence-corrected chi connectivity index (χ2v) is 23.9. The Morgan fingerprint density at radius 2 is 1.38 bits per heavy atom. The van der Waals surface area contributed by atoms with Gasteiger partial charge < -0.3 is 41.7 Å². The summed E-state index contributed by atoms with van der Waals surface area (Å²) in [4.78, 5) is 73.3. The molecule has 0 bridgehead atoms. The molecular weight excluding hydrogens is 811 g/mol. The standard InChI is InChI=1S/C36H59N5O13Si.H6OSi2/c1-21(2)32(45)39-35-38-31-28(33(46)40-35)37-20-41(31)34-29(52-26(10)43)30(53-27(11)44)36(54-34,19-50-25(9)42)18-49-15-14-47-12-13-48-16-17-51-55(22(3)4,23(5)6)24(7)8;2-1-3/h20-24,29-30,34H,12-19H2,1-11H3,(H2,38,39,40,45,46);2-3H3/t29-,30+,34-,36-;/m1./s1.